The number of aromatic nitrogens is 1. The summed E-state index contributed by atoms with van der Waals surface area (Å²) in [7, 11) is 0. The van der Waals surface area contributed by atoms with Crippen LogP contribution < -0.4 is 11.1 Å². The molecule has 21 heavy (non-hydrogen) atoms. The minimum absolute atomic E-state index is 0.218. The van der Waals surface area contributed by atoms with Crippen LogP contribution in [0.3, 0.4) is 0 Å². The molecule has 0 saturated carbocycles. The smallest absolute Gasteiger partial charge is 0.123 e. The van der Waals surface area contributed by atoms with Crippen LogP contribution in [0.5, 0.6) is 0 Å². The Labute approximate surface area is 127 Å². The largest absolute Gasteiger partial charge is 0.384 e. The Morgan fingerprint density at radius 3 is 3.00 bits per heavy atom. The van der Waals surface area contributed by atoms with Crippen molar-refractivity contribution in [3.63, 3.8) is 0 Å². The van der Waals surface area contributed by atoms with E-state index in [0.717, 1.165) is 32.7 Å². The predicted molar refractivity (Wildman–Crippen MR) is 86.3 cm³/mol. The fourth-order valence-electron chi connectivity index (χ4n) is 2.88. The van der Waals surface area contributed by atoms with Gasteiger partial charge in [-0.3, -0.25) is 4.90 Å². The van der Waals surface area contributed by atoms with Crippen molar-refractivity contribution in [2.24, 2.45) is 0 Å². The second-order valence-corrected chi connectivity index (χ2v) is 5.96. The van der Waals surface area contributed by atoms with Crippen molar-refractivity contribution >= 4 is 5.82 Å². The number of rotatable bonds is 6. The zero-order valence-electron chi connectivity index (χ0n) is 13.4. The normalized spacial score (nSPS) is 21.6. The monoisotopic (exact) mass is 292 g/mol. The summed E-state index contributed by atoms with van der Waals surface area (Å²) >= 11 is 0. The van der Waals surface area contributed by atoms with E-state index in [1.54, 1.807) is 6.20 Å². The van der Waals surface area contributed by atoms with Gasteiger partial charge in [0.2, 0.25) is 0 Å². The molecule has 0 aromatic carbocycles. The lowest BCUT2D eigenvalue weighted by atomic mass is 10.00. The third kappa shape index (κ3) is 4.66. The van der Waals surface area contributed by atoms with Gasteiger partial charge in [0, 0.05) is 31.4 Å². The van der Waals surface area contributed by atoms with E-state index in [1.807, 2.05) is 12.1 Å². The lowest BCUT2D eigenvalue weighted by Gasteiger charge is -2.39. The number of anilines is 1. The van der Waals surface area contributed by atoms with Gasteiger partial charge in [-0.05, 0) is 44.5 Å². The lowest BCUT2D eigenvalue weighted by molar-refractivity contribution is -0.0550. The van der Waals surface area contributed by atoms with E-state index >= 15 is 0 Å². The van der Waals surface area contributed by atoms with Gasteiger partial charge in [-0.2, -0.15) is 0 Å². The summed E-state index contributed by atoms with van der Waals surface area (Å²) in [6.45, 7) is 10.4. The zero-order valence-corrected chi connectivity index (χ0v) is 13.4. The van der Waals surface area contributed by atoms with Crippen LogP contribution in [0.15, 0.2) is 18.3 Å². The van der Waals surface area contributed by atoms with Crippen LogP contribution in [0.2, 0.25) is 0 Å². The summed E-state index contributed by atoms with van der Waals surface area (Å²) in [5.41, 5.74) is 6.98. The molecule has 0 bridgehead atoms. The van der Waals surface area contributed by atoms with Gasteiger partial charge in [0.15, 0.2) is 0 Å². The first kappa shape index (κ1) is 16.2. The molecule has 0 spiro atoms. The number of nitrogens with zero attached hydrogens (tertiary/aromatic N) is 2. The topological polar surface area (TPSA) is 63.4 Å². The molecular formula is C16H28N4O. The van der Waals surface area contributed by atoms with E-state index in [2.05, 4.69) is 36.0 Å². The van der Waals surface area contributed by atoms with Gasteiger partial charge in [-0.25, -0.2) is 4.98 Å². The van der Waals surface area contributed by atoms with E-state index in [9.17, 15) is 0 Å². The molecule has 2 atom stereocenters. The van der Waals surface area contributed by atoms with Crippen LogP contribution >= 0.6 is 0 Å². The maximum Gasteiger partial charge on any atom is 0.123 e. The third-order valence-electron chi connectivity index (χ3n) is 4.07. The molecule has 0 amide bonds. The van der Waals surface area contributed by atoms with Gasteiger partial charge in [0.25, 0.3) is 0 Å². The number of morpholine rings is 1. The molecule has 1 fully saturated rings. The van der Waals surface area contributed by atoms with Gasteiger partial charge in [-0.15, -0.1) is 0 Å². The minimum Gasteiger partial charge on any atom is -0.384 e. The van der Waals surface area contributed by atoms with Crippen LogP contribution in [-0.2, 0) is 11.2 Å². The third-order valence-corrected chi connectivity index (χ3v) is 4.07. The number of nitrogens with two attached hydrogens (primary N) is 1. The highest BCUT2D eigenvalue weighted by molar-refractivity contribution is 5.32. The van der Waals surface area contributed by atoms with E-state index < -0.39 is 0 Å². The fraction of sp³-hybridized carbons (Fsp3) is 0.688. The highest BCUT2D eigenvalue weighted by Crippen LogP contribution is 2.16. The van der Waals surface area contributed by atoms with Crippen LogP contribution in [0.4, 0.5) is 5.82 Å². The van der Waals surface area contributed by atoms with E-state index in [0.29, 0.717) is 17.9 Å². The first-order valence-corrected chi connectivity index (χ1v) is 7.89. The van der Waals surface area contributed by atoms with Crippen molar-refractivity contribution in [3.8, 4) is 0 Å². The van der Waals surface area contributed by atoms with Crippen molar-refractivity contribution in [1.82, 2.24) is 15.2 Å². The van der Waals surface area contributed by atoms with E-state index in [1.165, 1.54) is 5.56 Å². The predicted octanol–water partition coefficient (Wildman–Crippen LogP) is 1.29. The Kier molecular flexibility index (Phi) is 5.96. The van der Waals surface area contributed by atoms with Crippen LogP contribution in [-0.4, -0.2) is 54.3 Å². The Bertz CT molecular complexity index is 438. The Hall–Kier alpha value is -1.17. The van der Waals surface area contributed by atoms with Crippen molar-refractivity contribution in [1.29, 1.82) is 0 Å². The van der Waals surface area contributed by atoms with Gasteiger partial charge in [0.05, 0.1) is 12.7 Å². The molecule has 3 N–H and O–H groups in total. The Morgan fingerprint density at radius 1 is 1.52 bits per heavy atom. The molecule has 5 heteroatoms. The summed E-state index contributed by atoms with van der Waals surface area (Å²) in [5, 5.41) is 3.57. The summed E-state index contributed by atoms with van der Waals surface area (Å²) in [6, 6.07) is 4.85. The summed E-state index contributed by atoms with van der Waals surface area (Å²) < 4.78 is 6.02. The number of nitrogens with one attached hydrogen (secondary N) is 1. The molecule has 5 nitrogen and oxygen atoms in total. The highest BCUT2D eigenvalue weighted by Gasteiger charge is 2.28. The molecule has 1 aromatic rings. The van der Waals surface area contributed by atoms with Crippen LogP contribution in [0.25, 0.3) is 0 Å². The molecule has 2 unspecified atom stereocenters. The Balaban J connectivity index is 2.03. The molecule has 118 valence electrons. The summed E-state index contributed by atoms with van der Waals surface area (Å²) in [4.78, 5) is 6.54. The number of ether oxygens (including phenoxy) is 1. The number of pyridine rings is 1. The molecular weight excluding hydrogens is 264 g/mol. The number of hydrogen-bond donors (Lipinski definition) is 2. The second-order valence-electron chi connectivity index (χ2n) is 5.96. The summed E-state index contributed by atoms with van der Waals surface area (Å²) in [6.07, 6.45) is 2.91. The quantitative estimate of drug-likeness (QED) is 0.827. The van der Waals surface area contributed by atoms with Crippen LogP contribution in [0.1, 0.15) is 26.3 Å². The molecule has 1 aliphatic heterocycles. The maximum atomic E-state index is 6.02. The molecule has 1 aromatic heterocycles. The van der Waals surface area contributed by atoms with Gasteiger partial charge in [-0.1, -0.05) is 6.92 Å². The molecule has 0 aliphatic carbocycles. The average Bonchev–Trinajstić information content (AvgIpc) is 2.47. The molecule has 2 rings (SSSR count). The van der Waals surface area contributed by atoms with Crippen molar-refractivity contribution in [2.45, 2.75) is 45.4 Å². The van der Waals surface area contributed by atoms with Crippen molar-refractivity contribution in [3.05, 3.63) is 23.9 Å². The zero-order chi connectivity index (χ0) is 15.2. The first-order chi connectivity index (χ1) is 10.1. The molecule has 0 radical (unpaired) electrons. The van der Waals surface area contributed by atoms with E-state index in [-0.39, 0.29) is 6.10 Å². The van der Waals surface area contributed by atoms with Gasteiger partial charge >= 0.3 is 0 Å². The number of likely N-dealkylation sites (N-methyl/N-ethyl adjacent to an activating group) is 1. The molecule has 1 saturated heterocycles. The summed E-state index contributed by atoms with van der Waals surface area (Å²) in [5.74, 6) is 0.580. The van der Waals surface area contributed by atoms with Crippen molar-refractivity contribution < 1.29 is 4.74 Å². The standard InChI is InChI=1S/C16H28N4O/c1-4-18-14(9-13-5-6-19-16(17)10-13)15-11-20(12(2)3)7-8-21-15/h5-6,10,12,14-15,18H,4,7-9,11H2,1-3H3,(H2,17,19). The SMILES string of the molecule is CCNC(Cc1ccnc(N)c1)C1CN(C(C)C)CCO1. The molecule has 1 aliphatic rings. The van der Waals surface area contributed by atoms with E-state index in [4.69, 9.17) is 10.5 Å². The second kappa shape index (κ2) is 7.73. The molecule has 2 heterocycles. The van der Waals surface area contributed by atoms with Crippen molar-refractivity contribution in [2.75, 3.05) is 32.0 Å². The minimum atomic E-state index is 0.218. The Morgan fingerprint density at radius 2 is 2.33 bits per heavy atom. The fourth-order valence-corrected chi connectivity index (χ4v) is 2.88. The highest BCUT2D eigenvalue weighted by atomic mass is 16.5. The van der Waals surface area contributed by atoms with Gasteiger partial charge < -0.3 is 15.8 Å². The van der Waals surface area contributed by atoms with Crippen LogP contribution in [0, 0.1) is 0 Å². The lowest BCUT2D eigenvalue weighted by Crippen LogP contribution is -2.54. The number of nitrogen functional groups attached to an aromatic ring is 1. The average molecular weight is 292 g/mol. The first-order valence-electron chi connectivity index (χ1n) is 7.89. The maximum absolute atomic E-state index is 6.02. The van der Waals surface area contributed by atoms with Gasteiger partial charge in [0.1, 0.15) is 5.82 Å². The number of hydrogen-bond acceptors (Lipinski definition) is 5.